The lowest BCUT2D eigenvalue weighted by Crippen LogP contribution is -2.19. The minimum atomic E-state index is -0.194. The molecule has 0 aliphatic rings. The molecule has 0 bridgehead atoms. The van der Waals surface area contributed by atoms with Crippen molar-refractivity contribution in [2.24, 2.45) is 4.99 Å². The molecule has 1 N–H and O–H groups in total. The lowest BCUT2D eigenvalue weighted by atomic mass is 10.0. The van der Waals surface area contributed by atoms with Gasteiger partial charge in [0, 0.05) is 11.6 Å². The fourth-order valence-corrected chi connectivity index (χ4v) is 3.61. The van der Waals surface area contributed by atoms with Crippen molar-refractivity contribution in [2.45, 2.75) is 6.92 Å². The molecule has 0 unspecified atom stereocenters. The first-order valence-corrected chi connectivity index (χ1v) is 10.4. The van der Waals surface area contributed by atoms with Gasteiger partial charge in [-0.3, -0.25) is 9.89 Å². The molecule has 7 heteroatoms. The molecule has 0 amide bonds. The number of rotatable bonds is 7. The minimum Gasteiger partial charge on any atom is -0.497 e. The van der Waals surface area contributed by atoms with Crippen molar-refractivity contribution >= 4 is 11.4 Å². The molecule has 0 saturated carbocycles. The van der Waals surface area contributed by atoms with Crippen LogP contribution >= 0.6 is 0 Å². The predicted octanol–water partition coefficient (Wildman–Crippen LogP) is 5.00. The smallest absolute Gasteiger partial charge is 0.280 e. The molecule has 33 heavy (non-hydrogen) atoms. The Morgan fingerprint density at radius 3 is 2.15 bits per heavy atom. The van der Waals surface area contributed by atoms with Crippen molar-refractivity contribution in [3.8, 4) is 34.2 Å². The molecule has 0 saturated heterocycles. The van der Waals surface area contributed by atoms with Crippen molar-refractivity contribution < 1.29 is 14.2 Å². The van der Waals surface area contributed by atoms with E-state index in [9.17, 15) is 4.79 Å². The summed E-state index contributed by atoms with van der Waals surface area (Å²) in [6.45, 7) is 1.82. The molecule has 0 aliphatic carbocycles. The van der Waals surface area contributed by atoms with Crippen molar-refractivity contribution in [1.29, 1.82) is 0 Å². The molecular weight excluding hydrogens is 418 g/mol. The first-order valence-electron chi connectivity index (χ1n) is 10.4. The fourth-order valence-electron chi connectivity index (χ4n) is 3.61. The third-order valence-corrected chi connectivity index (χ3v) is 5.32. The van der Waals surface area contributed by atoms with Gasteiger partial charge in [0.1, 0.15) is 22.9 Å². The molecule has 168 valence electrons. The number of H-pyrrole nitrogens is 1. The summed E-state index contributed by atoms with van der Waals surface area (Å²) in [5.74, 6) is 1.95. The van der Waals surface area contributed by atoms with Gasteiger partial charge in [-0.15, -0.1) is 0 Å². The average molecular weight is 444 g/mol. The Bertz CT molecular complexity index is 1340. The second-order valence-corrected chi connectivity index (χ2v) is 7.30. The van der Waals surface area contributed by atoms with Gasteiger partial charge in [-0.05, 0) is 55.5 Å². The molecular formula is C26H25N3O4. The largest absolute Gasteiger partial charge is 0.497 e. The van der Waals surface area contributed by atoms with Crippen molar-refractivity contribution in [1.82, 2.24) is 9.78 Å². The van der Waals surface area contributed by atoms with E-state index in [4.69, 9.17) is 19.2 Å². The number of para-hydroxylation sites is 1. The highest BCUT2D eigenvalue weighted by Gasteiger charge is 2.20. The van der Waals surface area contributed by atoms with E-state index in [0.717, 1.165) is 17.0 Å². The predicted molar refractivity (Wildman–Crippen MR) is 130 cm³/mol. The Labute approximate surface area is 191 Å². The van der Waals surface area contributed by atoms with Crippen molar-refractivity contribution in [2.75, 3.05) is 21.3 Å². The maximum absolute atomic E-state index is 13.5. The number of methoxy groups -OCH3 is 3. The van der Waals surface area contributed by atoms with E-state index in [2.05, 4.69) is 5.10 Å². The summed E-state index contributed by atoms with van der Waals surface area (Å²) in [7, 11) is 4.79. The Morgan fingerprint density at radius 1 is 0.848 bits per heavy atom. The average Bonchev–Trinajstić information content (AvgIpc) is 3.21. The fraction of sp³-hybridized carbons (Fsp3) is 0.154. The Hall–Kier alpha value is -4.26. The van der Waals surface area contributed by atoms with Crippen LogP contribution < -0.4 is 19.8 Å². The van der Waals surface area contributed by atoms with Crippen LogP contribution in [0.4, 0.5) is 5.69 Å². The Balaban J connectivity index is 1.90. The van der Waals surface area contributed by atoms with Crippen LogP contribution in [0.25, 0.3) is 16.9 Å². The lowest BCUT2D eigenvalue weighted by Gasteiger charge is -2.08. The third-order valence-electron chi connectivity index (χ3n) is 5.32. The van der Waals surface area contributed by atoms with E-state index in [-0.39, 0.29) is 5.56 Å². The zero-order chi connectivity index (χ0) is 23.4. The topological polar surface area (TPSA) is 77.8 Å². The summed E-state index contributed by atoms with van der Waals surface area (Å²) < 4.78 is 17.6. The summed E-state index contributed by atoms with van der Waals surface area (Å²) >= 11 is 0. The van der Waals surface area contributed by atoms with E-state index in [1.165, 1.54) is 4.68 Å². The third kappa shape index (κ3) is 4.39. The first-order chi connectivity index (χ1) is 16.0. The molecule has 1 heterocycles. The van der Waals surface area contributed by atoms with Crippen LogP contribution in [0.2, 0.25) is 0 Å². The molecule has 0 atom stereocenters. The van der Waals surface area contributed by atoms with E-state index >= 15 is 0 Å². The molecule has 7 nitrogen and oxygen atoms in total. The summed E-state index contributed by atoms with van der Waals surface area (Å²) in [5.41, 5.74) is 3.68. The first kappa shape index (κ1) is 22.0. The number of aliphatic imine (C=N–C) groups is 1. The second-order valence-electron chi connectivity index (χ2n) is 7.30. The van der Waals surface area contributed by atoms with Gasteiger partial charge in [0.2, 0.25) is 0 Å². The van der Waals surface area contributed by atoms with Gasteiger partial charge in [-0.2, -0.15) is 0 Å². The second kappa shape index (κ2) is 9.48. The normalized spacial score (nSPS) is 11.3. The molecule has 0 aliphatic heterocycles. The van der Waals surface area contributed by atoms with Gasteiger partial charge < -0.3 is 14.2 Å². The van der Waals surface area contributed by atoms with Crippen LogP contribution in [0.5, 0.6) is 17.2 Å². The summed E-state index contributed by atoms with van der Waals surface area (Å²) in [6, 6.07) is 22.3. The molecule has 4 rings (SSSR count). The maximum Gasteiger partial charge on any atom is 0.280 e. The van der Waals surface area contributed by atoms with Crippen molar-refractivity contribution in [3.05, 3.63) is 88.7 Å². The zero-order valence-electron chi connectivity index (χ0n) is 19.0. The van der Waals surface area contributed by atoms with Gasteiger partial charge in [-0.1, -0.05) is 18.2 Å². The number of hydrogen-bond donors (Lipinski definition) is 1. The van der Waals surface area contributed by atoms with E-state index in [1.54, 1.807) is 39.5 Å². The van der Waals surface area contributed by atoms with Crippen LogP contribution in [-0.4, -0.2) is 36.8 Å². The SMILES string of the molecule is COc1ccc(-c2[nH]n(-c3ccccc3)c(=O)c2C(C)=Nc2ccc(OC)cc2OC)cc1. The quantitative estimate of drug-likeness (QED) is 0.408. The monoisotopic (exact) mass is 443 g/mol. The van der Waals surface area contributed by atoms with Crippen LogP contribution in [-0.2, 0) is 0 Å². The van der Waals surface area contributed by atoms with E-state index in [1.807, 2.05) is 61.5 Å². The van der Waals surface area contributed by atoms with Crippen LogP contribution in [0.15, 0.2) is 82.6 Å². The Morgan fingerprint density at radius 2 is 1.52 bits per heavy atom. The minimum absolute atomic E-state index is 0.194. The lowest BCUT2D eigenvalue weighted by molar-refractivity contribution is 0.395. The Kier molecular flexibility index (Phi) is 6.31. The van der Waals surface area contributed by atoms with Gasteiger partial charge >= 0.3 is 0 Å². The number of benzene rings is 3. The standard InChI is InChI=1S/C26H25N3O4/c1-17(27-22-15-14-21(32-3)16-23(22)33-4)24-25(18-10-12-20(31-2)13-11-18)28-29(26(24)30)19-8-6-5-7-9-19/h5-16,28H,1-4H3. The van der Waals surface area contributed by atoms with Gasteiger partial charge in [0.25, 0.3) is 5.56 Å². The number of ether oxygens (including phenoxy) is 3. The molecule has 3 aromatic carbocycles. The summed E-state index contributed by atoms with van der Waals surface area (Å²) in [6.07, 6.45) is 0. The van der Waals surface area contributed by atoms with Crippen LogP contribution in [0.3, 0.4) is 0 Å². The van der Waals surface area contributed by atoms with E-state index in [0.29, 0.717) is 34.2 Å². The molecule has 4 aromatic rings. The van der Waals surface area contributed by atoms with Crippen LogP contribution in [0, 0.1) is 0 Å². The van der Waals surface area contributed by atoms with E-state index < -0.39 is 0 Å². The number of hydrogen-bond acceptors (Lipinski definition) is 5. The van der Waals surface area contributed by atoms with Crippen LogP contribution in [0.1, 0.15) is 12.5 Å². The molecule has 1 aromatic heterocycles. The van der Waals surface area contributed by atoms with Crippen molar-refractivity contribution in [3.63, 3.8) is 0 Å². The zero-order valence-corrected chi connectivity index (χ0v) is 19.0. The van der Waals surface area contributed by atoms with Gasteiger partial charge in [0.15, 0.2) is 0 Å². The highest BCUT2D eigenvalue weighted by molar-refractivity contribution is 6.05. The highest BCUT2D eigenvalue weighted by Crippen LogP contribution is 2.32. The summed E-state index contributed by atoms with van der Waals surface area (Å²) in [4.78, 5) is 18.3. The molecule has 0 fully saturated rings. The molecule has 0 radical (unpaired) electrons. The number of nitrogens with one attached hydrogen (secondary N) is 1. The summed E-state index contributed by atoms with van der Waals surface area (Å²) in [5, 5.41) is 3.26. The number of aromatic nitrogens is 2. The highest BCUT2D eigenvalue weighted by atomic mass is 16.5. The van der Waals surface area contributed by atoms with Gasteiger partial charge in [0.05, 0.1) is 44.0 Å². The maximum atomic E-state index is 13.5. The number of nitrogens with zero attached hydrogens (tertiary/aromatic N) is 2. The number of aromatic amines is 1. The van der Waals surface area contributed by atoms with Gasteiger partial charge in [-0.25, -0.2) is 9.67 Å². The molecule has 0 spiro atoms.